The number of imide groups is 1. The molecule has 2 aromatic heterocycles. The number of aromatic carboxylic acids is 1. The third-order valence-corrected chi connectivity index (χ3v) is 5.39. The highest BCUT2D eigenvalue weighted by Gasteiger charge is 2.18. The van der Waals surface area contributed by atoms with Gasteiger partial charge in [0.15, 0.2) is 0 Å². The molecule has 0 aliphatic heterocycles. The molecule has 34 heavy (non-hydrogen) atoms. The molecule has 10 heteroatoms. The number of hydrogen-bond acceptors (Lipinski definition) is 6. The van der Waals surface area contributed by atoms with Gasteiger partial charge in [-0.25, -0.2) is 9.59 Å². The number of amides is 2. The molecule has 170 valence electrons. The highest BCUT2D eigenvalue weighted by Crippen LogP contribution is 2.17. The van der Waals surface area contributed by atoms with Crippen LogP contribution >= 0.6 is 0 Å². The molecule has 0 fully saturated rings. The van der Waals surface area contributed by atoms with E-state index in [0.29, 0.717) is 5.56 Å². The number of hydrogen-bond donors (Lipinski definition) is 3. The first-order valence-electron chi connectivity index (χ1n) is 10.1. The van der Waals surface area contributed by atoms with Crippen molar-refractivity contribution in [3.8, 4) is 0 Å². The van der Waals surface area contributed by atoms with Gasteiger partial charge in [0.05, 0.1) is 22.5 Å². The zero-order chi connectivity index (χ0) is 24.4. The Morgan fingerprint density at radius 2 is 1.53 bits per heavy atom. The molecule has 0 saturated heterocycles. The average Bonchev–Trinajstić information content (AvgIpc) is 2.84. The first kappa shape index (κ1) is 22.3. The monoisotopic (exact) mass is 458 g/mol. The molecular formula is C24H18N4O6. The lowest BCUT2D eigenvalue weighted by Gasteiger charge is -2.15. The quantitative estimate of drug-likeness (QED) is 0.387. The molecule has 2 heterocycles. The second kappa shape index (κ2) is 8.94. The maximum atomic E-state index is 13.2. The van der Waals surface area contributed by atoms with Gasteiger partial charge in [-0.3, -0.25) is 29.3 Å². The second-order valence-corrected chi connectivity index (χ2v) is 7.49. The van der Waals surface area contributed by atoms with E-state index in [1.165, 1.54) is 67.0 Å². The van der Waals surface area contributed by atoms with Gasteiger partial charge in [0.25, 0.3) is 17.4 Å². The Balaban J connectivity index is 1.69. The van der Waals surface area contributed by atoms with E-state index in [9.17, 15) is 24.0 Å². The van der Waals surface area contributed by atoms with Gasteiger partial charge in [0, 0.05) is 23.5 Å². The number of aromatic amines is 1. The summed E-state index contributed by atoms with van der Waals surface area (Å²) in [4.78, 5) is 68.2. The van der Waals surface area contributed by atoms with Crippen molar-refractivity contribution < 1.29 is 19.5 Å². The molecule has 2 aromatic carbocycles. The minimum atomic E-state index is -1.09. The Bertz CT molecular complexity index is 1540. The van der Waals surface area contributed by atoms with E-state index in [2.05, 4.69) is 15.3 Å². The van der Waals surface area contributed by atoms with Crippen LogP contribution in [-0.4, -0.2) is 37.4 Å². The van der Waals surface area contributed by atoms with Gasteiger partial charge >= 0.3 is 11.7 Å². The number of rotatable bonds is 5. The summed E-state index contributed by atoms with van der Waals surface area (Å²) < 4.78 is 0.988. The van der Waals surface area contributed by atoms with E-state index in [1.54, 1.807) is 6.92 Å². The standard InChI is InChI=1S/C24H18N4O6/c1-13(14-2-4-16(5-3-14)23(32)33)28-22(31)18-12-17(6-7-19(18)26-24(28)34)21(30)27-20(29)15-8-10-25-11-9-15/h2-13H,1H3,(H,26,34)(H,32,33)(H,27,29,30). The van der Waals surface area contributed by atoms with Gasteiger partial charge in [0.1, 0.15) is 0 Å². The number of nitrogens with zero attached hydrogens (tertiary/aromatic N) is 2. The fourth-order valence-corrected chi connectivity index (χ4v) is 3.52. The molecule has 1 atom stereocenters. The van der Waals surface area contributed by atoms with Gasteiger partial charge in [-0.2, -0.15) is 0 Å². The Morgan fingerprint density at radius 1 is 0.912 bits per heavy atom. The number of benzene rings is 2. The largest absolute Gasteiger partial charge is 0.478 e. The predicted octanol–water partition coefficient (Wildman–Crippen LogP) is 1.96. The molecule has 4 rings (SSSR count). The van der Waals surface area contributed by atoms with Gasteiger partial charge < -0.3 is 10.1 Å². The summed E-state index contributed by atoms with van der Waals surface area (Å²) in [7, 11) is 0. The number of carboxylic acid groups (broad SMARTS) is 1. The van der Waals surface area contributed by atoms with Crippen LogP contribution in [0.25, 0.3) is 10.9 Å². The highest BCUT2D eigenvalue weighted by molar-refractivity contribution is 6.11. The van der Waals surface area contributed by atoms with E-state index in [0.717, 1.165) is 4.57 Å². The number of fused-ring (bicyclic) bond motifs is 1. The number of nitrogens with one attached hydrogen (secondary N) is 2. The molecule has 2 amide bonds. The zero-order valence-electron chi connectivity index (χ0n) is 17.8. The third kappa shape index (κ3) is 4.24. The summed E-state index contributed by atoms with van der Waals surface area (Å²) in [6, 6.07) is 12.1. The van der Waals surface area contributed by atoms with E-state index < -0.39 is 35.1 Å². The fraction of sp³-hybridized carbons (Fsp3) is 0.0833. The lowest BCUT2D eigenvalue weighted by atomic mass is 10.1. The third-order valence-electron chi connectivity index (χ3n) is 5.39. The molecule has 4 aromatic rings. The molecule has 0 spiro atoms. The second-order valence-electron chi connectivity index (χ2n) is 7.49. The summed E-state index contributed by atoms with van der Waals surface area (Å²) in [6.07, 6.45) is 2.84. The van der Waals surface area contributed by atoms with E-state index in [1.807, 2.05) is 0 Å². The van der Waals surface area contributed by atoms with Crippen molar-refractivity contribution in [3.05, 3.63) is 110 Å². The number of pyridine rings is 1. The Kier molecular flexibility index (Phi) is 5.88. The number of carbonyl (C=O) groups excluding carboxylic acids is 2. The van der Waals surface area contributed by atoms with Crippen LogP contribution in [0.1, 0.15) is 49.6 Å². The molecule has 0 aliphatic rings. The molecule has 10 nitrogen and oxygen atoms in total. The van der Waals surface area contributed by atoms with Crippen molar-refractivity contribution in [2.24, 2.45) is 0 Å². The minimum Gasteiger partial charge on any atom is -0.478 e. The van der Waals surface area contributed by atoms with Crippen LogP contribution in [0.5, 0.6) is 0 Å². The molecule has 0 bridgehead atoms. The smallest absolute Gasteiger partial charge is 0.335 e. The lowest BCUT2D eigenvalue weighted by Crippen LogP contribution is -2.37. The number of aromatic nitrogens is 3. The van der Waals surface area contributed by atoms with E-state index >= 15 is 0 Å². The summed E-state index contributed by atoms with van der Waals surface area (Å²) >= 11 is 0. The van der Waals surface area contributed by atoms with Crippen molar-refractivity contribution in [2.45, 2.75) is 13.0 Å². The summed E-state index contributed by atoms with van der Waals surface area (Å²) in [5.74, 6) is -2.42. The predicted molar refractivity (Wildman–Crippen MR) is 122 cm³/mol. The Morgan fingerprint density at radius 3 is 2.18 bits per heavy atom. The van der Waals surface area contributed by atoms with Crippen LogP contribution in [0.15, 0.2) is 76.6 Å². The van der Waals surface area contributed by atoms with Crippen LogP contribution in [-0.2, 0) is 0 Å². The van der Waals surface area contributed by atoms with Crippen LogP contribution in [0.4, 0.5) is 0 Å². The van der Waals surface area contributed by atoms with Crippen LogP contribution in [0.2, 0.25) is 0 Å². The highest BCUT2D eigenvalue weighted by atomic mass is 16.4. The van der Waals surface area contributed by atoms with Crippen LogP contribution in [0.3, 0.4) is 0 Å². The maximum absolute atomic E-state index is 13.2. The molecule has 0 aliphatic carbocycles. The first-order valence-corrected chi connectivity index (χ1v) is 10.1. The number of carbonyl (C=O) groups is 3. The topological polar surface area (TPSA) is 151 Å². The van der Waals surface area contributed by atoms with E-state index in [-0.39, 0.29) is 27.6 Å². The van der Waals surface area contributed by atoms with Crippen molar-refractivity contribution in [1.29, 1.82) is 0 Å². The summed E-state index contributed by atoms with van der Waals surface area (Å²) in [6.45, 7) is 1.63. The number of H-pyrrole nitrogens is 1. The minimum absolute atomic E-state index is 0.0593. The van der Waals surface area contributed by atoms with Crippen molar-refractivity contribution in [1.82, 2.24) is 19.9 Å². The van der Waals surface area contributed by atoms with Crippen molar-refractivity contribution in [3.63, 3.8) is 0 Å². The van der Waals surface area contributed by atoms with Gasteiger partial charge in [-0.15, -0.1) is 0 Å². The normalized spacial score (nSPS) is 11.7. The average molecular weight is 458 g/mol. The van der Waals surface area contributed by atoms with E-state index in [4.69, 9.17) is 5.11 Å². The molecule has 1 unspecified atom stereocenters. The first-order chi connectivity index (χ1) is 16.3. The number of carboxylic acids is 1. The SMILES string of the molecule is CC(c1ccc(C(=O)O)cc1)n1c(=O)[nH]c2ccc(C(=O)NC(=O)c3ccncc3)cc2c1=O. The maximum Gasteiger partial charge on any atom is 0.335 e. The summed E-state index contributed by atoms with van der Waals surface area (Å²) in [5.41, 5.74) is -0.123. The van der Waals surface area contributed by atoms with Crippen LogP contribution in [0, 0.1) is 0 Å². The molecular weight excluding hydrogens is 440 g/mol. The fourth-order valence-electron chi connectivity index (χ4n) is 3.52. The van der Waals surface area contributed by atoms with Crippen molar-refractivity contribution in [2.75, 3.05) is 0 Å². The molecule has 3 N–H and O–H groups in total. The van der Waals surface area contributed by atoms with Crippen molar-refractivity contribution >= 4 is 28.7 Å². The zero-order valence-corrected chi connectivity index (χ0v) is 17.8. The van der Waals surface area contributed by atoms with Gasteiger partial charge in [-0.1, -0.05) is 12.1 Å². The molecule has 0 saturated carbocycles. The summed E-state index contributed by atoms with van der Waals surface area (Å²) in [5, 5.41) is 11.4. The Hall–Kier alpha value is -4.86. The lowest BCUT2D eigenvalue weighted by molar-refractivity contribution is 0.0695. The Labute approximate surface area is 191 Å². The molecule has 0 radical (unpaired) electrons. The van der Waals surface area contributed by atoms with Gasteiger partial charge in [0.2, 0.25) is 0 Å². The van der Waals surface area contributed by atoms with Crippen LogP contribution < -0.4 is 16.6 Å². The van der Waals surface area contributed by atoms with Gasteiger partial charge in [-0.05, 0) is 55.0 Å².